The molecule has 1 saturated heterocycles. The summed E-state index contributed by atoms with van der Waals surface area (Å²) < 4.78 is 35.3. The lowest BCUT2D eigenvalue weighted by Gasteiger charge is -2.15. The predicted octanol–water partition coefficient (Wildman–Crippen LogP) is 3.07. The Bertz CT molecular complexity index is 1190. The van der Waals surface area contributed by atoms with E-state index in [1.54, 1.807) is 24.4 Å². The maximum atomic E-state index is 13.6. The molecule has 0 unspecified atom stereocenters. The van der Waals surface area contributed by atoms with Crippen molar-refractivity contribution in [3.05, 3.63) is 30.6 Å². The van der Waals surface area contributed by atoms with Crippen LogP contribution < -0.4 is 10.1 Å². The number of alkyl halides is 2. The number of carboxylic acid groups (broad SMARTS) is 1. The van der Waals surface area contributed by atoms with Crippen molar-refractivity contribution in [2.75, 3.05) is 18.4 Å². The SMILES string of the molecule is O=C(Nc1cc2cc(-c3c(O[C@H]4CCN(C(=O)O)C4)cnn3C(F)F)ccn2n1)C1CC1. The molecule has 1 aliphatic heterocycles. The van der Waals surface area contributed by atoms with E-state index in [0.717, 1.165) is 12.8 Å². The minimum atomic E-state index is -2.89. The van der Waals surface area contributed by atoms with Crippen molar-refractivity contribution in [1.82, 2.24) is 24.3 Å². The van der Waals surface area contributed by atoms with Crippen molar-refractivity contribution >= 4 is 23.3 Å². The van der Waals surface area contributed by atoms with Crippen LogP contribution in [0.1, 0.15) is 25.8 Å². The molecule has 2 fully saturated rings. The molecule has 2 aliphatic rings. The van der Waals surface area contributed by atoms with E-state index in [1.807, 2.05) is 0 Å². The Morgan fingerprint density at radius 3 is 2.75 bits per heavy atom. The van der Waals surface area contributed by atoms with E-state index in [2.05, 4.69) is 15.5 Å². The van der Waals surface area contributed by atoms with E-state index in [9.17, 15) is 18.4 Å². The second kappa shape index (κ2) is 7.77. The van der Waals surface area contributed by atoms with Crippen molar-refractivity contribution in [1.29, 1.82) is 0 Å². The number of anilines is 1. The average Bonchev–Trinajstić information content (AvgIpc) is 3.17. The lowest BCUT2D eigenvalue weighted by Crippen LogP contribution is -2.29. The van der Waals surface area contributed by atoms with Crippen LogP contribution in [0.2, 0.25) is 0 Å². The van der Waals surface area contributed by atoms with Crippen LogP contribution in [0.3, 0.4) is 0 Å². The molecule has 5 rings (SSSR count). The van der Waals surface area contributed by atoms with E-state index in [-0.39, 0.29) is 29.8 Å². The molecule has 168 valence electrons. The van der Waals surface area contributed by atoms with Crippen LogP contribution in [0.5, 0.6) is 5.75 Å². The maximum absolute atomic E-state index is 13.6. The number of amides is 2. The van der Waals surface area contributed by atoms with Gasteiger partial charge in [-0.2, -0.15) is 23.7 Å². The Morgan fingerprint density at radius 1 is 1.25 bits per heavy atom. The summed E-state index contributed by atoms with van der Waals surface area (Å²) in [6.45, 7) is -2.42. The molecule has 1 atom stereocenters. The van der Waals surface area contributed by atoms with Crippen molar-refractivity contribution in [3.8, 4) is 17.0 Å². The number of halogens is 2. The van der Waals surface area contributed by atoms with Gasteiger partial charge in [0, 0.05) is 36.7 Å². The number of pyridine rings is 1. The van der Waals surface area contributed by atoms with Crippen LogP contribution in [-0.2, 0) is 4.79 Å². The topological polar surface area (TPSA) is 114 Å². The van der Waals surface area contributed by atoms with E-state index in [4.69, 9.17) is 9.84 Å². The molecule has 0 bridgehead atoms. The lowest BCUT2D eigenvalue weighted by molar-refractivity contribution is -0.117. The predicted molar refractivity (Wildman–Crippen MR) is 108 cm³/mol. The monoisotopic (exact) mass is 446 g/mol. The molecule has 1 aliphatic carbocycles. The first kappa shape index (κ1) is 20.2. The van der Waals surface area contributed by atoms with E-state index >= 15 is 0 Å². The van der Waals surface area contributed by atoms with Crippen molar-refractivity contribution in [2.45, 2.75) is 31.9 Å². The molecule has 1 saturated carbocycles. The van der Waals surface area contributed by atoms with Crippen LogP contribution >= 0.6 is 0 Å². The smallest absolute Gasteiger partial charge is 0.407 e. The number of carbonyl (C=O) groups excluding carboxylic acids is 1. The number of nitrogens with one attached hydrogen (secondary N) is 1. The zero-order valence-electron chi connectivity index (χ0n) is 16.8. The summed E-state index contributed by atoms with van der Waals surface area (Å²) in [5, 5.41) is 19.9. The van der Waals surface area contributed by atoms with Gasteiger partial charge in [-0.25, -0.2) is 9.31 Å². The Labute approximate surface area is 180 Å². The van der Waals surface area contributed by atoms with E-state index < -0.39 is 18.7 Å². The molecule has 12 heteroatoms. The number of aromatic nitrogens is 4. The van der Waals surface area contributed by atoms with Gasteiger partial charge in [0.1, 0.15) is 11.8 Å². The summed E-state index contributed by atoms with van der Waals surface area (Å²) in [5.74, 6) is 0.487. The molecule has 0 spiro atoms. The number of likely N-dealkylation sites (tertiary alicyclic amines) is 1. The minimum absolute atomic E-state index is 0.0307. The van der Waals surface area contributed by atoms with Gasteiger partial charge >= 0.3 is 12.6 Å². The highest BCUT2D eigenvalue weighted by Crippen LogP contribution is 2.35. The Balaban J connectivity index is 1.44. The quantitative estimate of drug-likeness (QED) is 0.602. The van der Waals surface area contributed by atoms with Gasteiger partial charge in [-0.15, -0.1) is 0 Å². The number of rotatable bonds is 6. The third-order valence-corrected chi connectivity index (χ3v) is 5.59. The van der Waals surface area contributed by atoms with Crippen LogP contribution in [0.4, 0.5) is 19.4 Å². The van der Waals surface area contributed by atoms with Gasteiger partial charge in [-0.05, 0) is 25.0 Å². The van der Waals surface area contributed by atoms with Crippen LogP contribution in [0.15, 0.2) is 30.6 Å². The van der Waals surface area contributed by atoms with Crippen LogP contribution in [0.25, 0.3) is 16.8 Å². The summed E-state index contributed by atoms with van der Waals surface area (Å²) in [5.41, 5.74) is 1.11. The molecule has 2 amide bonds. The fraction of sp³-hybridized carbons (Fsp3) is 0.400. The minimum Gasteiger partial charge on any atom is -0.485 e. The van der Waals surface area contributed by atoms with Crippen LogP contribution in [0, 0.1) is 5.92 Å². The highest BCUT2D eigenvalue weighted by atomic mass is 19.3. The third-order valence-electron chi connectivity index (χ3n) is 5.59. The highest BCUT2D eigenvalue weighted by Gasteiger charge is 2.31. The number of ether oxygens (including phenoxy) is 1. The van der Waals surface area contributed by atoms with Gasteiger partial charge in [0.2, 0.25) is 5.91 Å². The van der Waals surface area contributed by atoms with E-state index in [0.29, 0.717) is 34.5 Å². The van der Waals surface area contributed by atoms with Gasteiger partial charge in [0.15, 0.2) is 11.6 Å². The summed E-state index contributed by atoms with van der Waals surface area (Å²) in [7, 11) is 0. The molecule has 10 nitrogen and oxygen atoms in total. The molecule has 3 aromatic rings. The second-order valence-electron chi connectivity index (χ2n) is 7.91. The zero-order valence-corrected chi connectivity index (χ0v) is 16.8. The van der Waals surface area contributed by atoms with Gasteiger partial charge in [0.25, 0.3) is 0 Å². The second-order valence-corrected chi connectivity index (χ2v) is 7.91. The number of hydrogen-bond acceptors (Lipinski definition) is 5. The first-order valence-electron chi connectivity index (χ1n) is 10.2. The summed E-state index contributed by atoms with van der Waals surface area (Å²) in [6.07, 6.45) is 3.51. The average molecular weight is 446 g/mol. The highest BCUT2D eigenvalue weighted by molar-refractivity contribution is 5.93. The molecule has 2 N–H and O–H groups in total. The van der Waals surface area contributed by atoms with Crippen molar-refractivity contribution in [3.63, 3.8) is 0 Å². The summed E-state index contributed by atoms with van der Waals surface area (Å²) >= 11 is 0. The van der Waals surface area contributed by atoms with Gasteiger partial charge < -0.3 is 20.1 Å². The summed E-state index contributed by atoms with van der Waals surface area (Å²) in [4.78, 5) is 24.3. The van der Waals surface area contributed by atoms with E-state index in [1.165, 1.54) is 15.6 Å². The van der Waals surface area contributed by atoms with Gasteiger partial charge in [0.05, 0.1) is 18.3 Å². The van der Waals surface area contributed by atoms with Crippen molar-refractivity contribution < 1.29 is 28.2 Å². The molecule has 4 heterocycles. The summed E-state index contributed by atoms with van der Waals surface area (Å²) in [6, 6.07) is 4.92. The molecule has 32 heavy (non-hydrogen) atoms. The fourth-order valence-corrected chi connectivity index (χ4v) is 3.81. The molecule has 0 radical (unpaired) electrons. The Kier molecular flexibility index (Phi) is 4.91. The normalized spacial score (nSPS) is 18.5. The molecule has 3 aromatic heterocycles. The third kappa shape index (κ3) is 3.83. The number of nitrogens with zero attached hydrogens (tertiary/aromatic N) is 5. The Morgan fingerprint density at radius 2 is 2.06 bits per heavy atom. The molecular formula is C20H20F2N6O4. The molecule has 0 aromatic carbocycles. The number of carbonyl (C=O) groups is 2. The van der Waals surface area contributed by atoms with Gasteiger partial charge in [-0.3, -0.25) is 4.79 Å². The first-order chi connectivity index (χ1) is 15.4. The Hall–Kier alpha value is -3.70. The number of fused-ring (bicyclic) bond motifs is 1. The fourth-order valence-electron chi connectivity index (χ4n) is 3.81. The first-order valence-corrected chi connectivity index (χ1v) is 10.2. The zero-order chi connectivity index (χ0) is 22.4. The standard InChI is InChI=1S/C20H20F2N6O4/c21-19(22)28-17(15(9-23-28)32-14-4-5-26(10-14)20(30)31)12-3-6-27-13(7-12)8-16(25-27)24-18(29)11-1-2-11/h3,6-9,11,14,19H,1-2,4-5,10H2,(H,30,31)(H,24,25,29)/t14-/m0/s1. The number of hydrogen-bond donors (Lipinski definition) is 2. The van der Waals surface area contributed by atoms with Crippen LogP contribution in [-0.4, -0.2) is 60.6 Å². The largest absolute Gasteiger partial charge is 0.485 e. The van der Waals surface area contributed by atoms with Crippen molar-refractivity contribution in [2.24, 2.45) is 5.92 Å². The lowest BCUT2D eigenvalue weighted by atomic mass is 10.1. The van der Waals surface area contributed by atoms with Gasteiger partial charge in [-0.1, -0.05) is 0 Å². The maximum Gasteiger partial charge on any atom is 0.407 e. The molecular weight excluding hydrogens is 426 g/mol.